The molecule has 1 N–H and O–H groups in total. The lowest BCUT2D eigenvalue weighted by Gasteiger charge is -2.36. The quantitative estimate of drug-likeness (QED) is 0.374. The predicted octanol–water partition coefficient (Wildman–Crippen LogP) is 5.66. The van der Waals surface area contributed by atoms with Crippen LogP contribution in [0.3, 0.4) is 0 Å². The molecule has 0 unspecified atom stereocenters. The van der Waals surface area contributed by atoms with Gasteiger partial charge in [0.1, 0.15) is 17.5 Å². The number of urea groups is 1. The van der Waals surface area contributed by atoms with E-state index in [0.29, 0.717) is 48.8 Å². The predicted molar refractivity (Wildman–Crippen MR) is 164 cm³/mol. The number of carbonyl (C=O) groups is 3. The van der Waals surface area contributed by atoms with E-state index in [-0.39, 0.29) is 30.3 Å². The molecular weight excluding hydrogens is 540 g/mol. The molecule has 3 aromatic carbocycles. The van der Waals surface area contributed by atoms with Crippen molar-refractivity contribution in [3.8, 4) is 11.5 Å². The van der Waals surface area contributed by atoms with Gasteiger partial charge in [0.15, 0.2) is 0 Å². The molecule has 3 aromatic rings. The Labute approximate surface area is 252 Å². The number of benzene rings is 3. The van der Waals surface area contributed by atoms with Crippen LogP contribution in [-0.2, 0) is 22.6 Å². The fourth-order valence-electron chi connectivity index (χ4n) is 6.43. The van der Waals surface area contributed by atoms with E-state index in [1.165, 1.54) is 5.56 Å². The number of ether oxygens (including phenoxy) is 1. The smallest absolute Gasteiger partial charge is 0.322 e. The number of rotatable bonds is 8. The highest BCUT2D eigenvalue weighted by atomic mass is 16.5. The molecule has 8 nitrogen and oxygen atoms in total. The van der Waals surface area contributed by atoms with Gasteiger partial charge in [-0.05, 0) is 66.6 Å². The Morgan fingerprint density at radius 2 is 1.65 bits per heavy atom. The molecule has 222 valence electrons. The van der Waals surface area contributed by atoms with E-state index in [1.807, 2.05) is 78.6 Å². The van der Waals surface area contributed by atoms with E-state index in [9.17, 15) is 14.4 Å². The second kappa shape index (κ2) is 12.0. The van der Waals surface area contributed by atoms with Gasteiger partial charge in [0.05, 0.1) is 23.9 Å². The Hall–Kier alpha value is -4.59. The highest BCUT2D eigenvalue weighted by molar-refractivity contribution is 6.03. The van der Waals surface area contributed by atoms with Crippen molar-refractivity contribution in [3.05, 3.63) is 107 Å². The number of hydrogen-bond acceptors (Lipinski definition) is 4. The Balaban J connectivity index is 1.31. The zero-order valence-corrected chi connectivity index (χ0v) is 25.0. The molecule has 3 heterocycles. The van der Waals surface area contributed by atoms with Gasteiger partial charge in [-0.3, -0.25) is 14.5 Å². The van der Waals surface area contributed by atoms with Crippen LogP contribution in [0.15, 0.2) is 90.1 Å². The Morgan fingerprint density at radius 3 is 2.40 bits per heavy atom. The number of para-hydroxylation sites is 1. The highest BCUT2D eigenvalue weighted by Crippen LogP contribution is 2.39. The van der Waals surface area contributed by atoms with Gasteiger partial charge in [0.2, 0.25) is 5.91 Å². The summed E-state index contributed by atoms with van der Waals surface area (Å²) in [5, 5.41) is 3.06. The van der Waals surface area contributed by atoms with Crippen molar-refractivity contribution in [2.24, 2.45) is 5.92 Å². The Bertz CT molecular complexity index is 1570. The summed E-state index contributed by atoms with van der Waals surface area (Å²) in [7, 11) is 0. The summed E-state index contributed by atoms with van der Waals surface area (Å²) in [5.41, 5.74) is 4.36. The van der Waals surface area contributed by atoms with Gasteiger partial charge in [0.25, 0.3) is 5.91 Å². The Kier molecular flexibility index (Phi) is 7.93. The molecule has 0 bridgehead atoms. The van der Waals surface area contributed by atoms with Gasteiger partial charge in [-0.25, -0.2) is 4.79 Å². The van der Waals surface area contributed by atoms with E-state index in [2.05, 4.69) is 31.3 Å². The minimum absolute atomic E-state index is 0.0338. The average molecular weight is 579 g/mol. The molecule has 0 saturated carbocycles. The molecule has 0 aliphatic carbocycles. The molecule has 2 atom stereocenters. The molecule has 0 saturated heterocycles. The SMILES string of the molecule is CCN1C(=O)N[C@@H](c2cccc(Oc3ccccc3)c2)C2=C1CN([C@@H](CC(C)C)C(=O)N1CCc3ccccc3C1)C2=O. The minimum Gasteiger partial charge on any atom is -0.457 e. The Morgan fingerprint density at radius 1 is 0.930 bits per heavy atom. The van der Waals surface area contributed by atoms with E-state index < -0.39 is 12.1 Å². The van der Waals surface area contributed by atoms with Crippen molar-refractivity contribution in [2.75, 3.05) is 19.6 Å². The molecule has 0 radical (unpaired) electrons. The van der Waals surface area contributed by atoms with Crippen LogP contribution >= 0.6 is 0 Å². The van der Waals surface area contributed by atoms with Crippen molar-refractivity contribution < 1.29 is 19.1 Å². The van der Waals surface area contributed by atoms with Crippen LogP contribution in [0.5, 0.6) is 11.5 Å². The van der Waals surface area contributed by atoms with Gasteiger partial charge in [-0.15, -0.1) is 0 Å². The third kappa shape index (κ3) is 5.61. The maximum absolute atomic E-state index is 14.4. The van der Waals surface area contributed by atoms with Gasteiger partial charge >= 0.3 is 6.03 Å². The second-order valence-electron chi connectivity index (χ2n) is 11.8. The summed E-state index contributed by atoms with van der Waals surface area (Å²) in [6, 6.07) is 23.7. The summed E-state index contributed by atoms with van der Waals surface area (Å²) < 4.78 is 6.06. The van der Waals surface area contributed by atoms with Gasteiger partial charge in [-0.2, -0.15) is 0 Å². The molecule has 3 aliphatic heterocycles. The fraction of sp³-hybridized carbons (Fsp3) is 0.343. The first-order valence-corrected chi connectivity index (χ1v) is 15.1. The third-order valence-electron chi connectivity index (χ3n) is 8.53. The third-order valence-corrected chi connectivity index (χ3v) is 8.53. The molecule has 0 spiro atoms. The van der Waals surface area contributed by atoms with Gasteiger partial charge in [-0.1, -0.05) is 68.4 Å². The summed E-state index contributed by atoms with van der Waals surface area (Å²) >= 11 is 0. The summed E-state index contributed by atoms with van der Waals surface area (Å²) in [5.74, 6) is 1.26. The van der Waals surface area contributed by atoms with Crippen LogP contribution in [0.2, 0.25) is 0 Å². The number of hydrogen-bond donors (Lipinski definition) is 1. The first-order valence-electron chi connectivity index (χ1n) is 15.1. The molecule has 4 amide bonds. The van der Waals surface area contributed by atoms with Crippen LogP contribution in [0.4, 0.5) is 4.79 Å². The van der Waals surface area contributed by atoms with E-state index in [0.717, 1.165) is 17.5 Å². The molecule has 6 rings (SSSR count). The van der Waals surface area contributed by atoms with Gasteiger partial charge in [0, 0.05) is 19.6 Å². The first kappa shape index (κ1) is 28.5. The van der Waals surface area contributed by atoms with Crippen molar-refractivity contribution in [2.45, 2.75) is 52.2 Å². The molecule has 8 heteroatoms. The lowest BCUT2D eigenvalue weighted by atomic mass is 9.95. The van der Waals surface area contributed by atoms with Crippen LogP contribution in [0.1, 0.15) is 49.9 Å². The molecule has 3 aliphatic rings. The van der Waals surface area contributed by atoms with Gasteiger partial charge < -0.3 is 19.9 Å². The monoisotopic (exact) mass is 578 g/mol. The molecular formula is C35H38N4O4. The fourth-order valence-corrected chi connectivity index (χ4v) is 6.43. The number of nitrogens with zero attached hydrogens (tertiary/aromatic N) is 3. The van der Waals surface area contributed by atoms with Crippen molar-refractivity contribution >= 4 is 17.8 Å². The first-order chi connectivity index (χ1) is 20.8. The highest BCUT2D eigenvalue weighted by Gasteiger charge is 2.47. The lowest BCUT2D eigenvalue weighted by molar-refractivity contribution is -0.144. The topological polar surface area (TPSA) is 82.2 Å². The number of fused-ring (bicyclic) bond motifs is 1. The van der Waals surface area contributed by atoms with Crippen molar-refractivity contribution in [1.82, 2.24) is 20.0 Å². The summed E-state index contributed by atoms with van der Waals surface area (Å²) in [6.45, 7) is 7.84. The van der Waals surface area contributed by atoms with E-state index in [4.69, 9.17) is 4.74 Å². The van der Waals surface area contributed by atoms with Crippen LogP contribution in [0.25, 0.3) is 0 Å². The molecule has 0 aromatic heterocycles. The summed E-state index contributed by atoms with van der Waals surface area (Å²) in [4.78, 5) is 47.1. The largest absolute Gasteiger partial charge is 0.457 e. The number of amides is 4. The molecule has 43 heavy (non-hydrogen) atoms. The van der Waals surface area contributed by atoms with Crippen LogP contribution in [-0.4, -0.2) is 58.2 Å². The zero-order chi connectivity index (χ0) is 30.1. The standard InChI is InChI=1S/C35H38N4O4/c1-4-38-30-22-39(29(19-23(2)3)33(40)37-18-17-24-11-8-9-12-26(24)21-37)34(41)31(30)32(36-35(38)42)25-13-10-16-28(20-25)43-27-14-6-5-7-15-27/h5-16,20,23,29,32H,4,17-19,21-22H2,1-3H3,(H,36,42)/t29-,32-/m0/s1. The van der Waals surface area contributed by atoms with Crippen LogP contribution < -0.4 is 10.1 Å². The van der Waals surface area contributed by atoms with Crippen LogP contribution in [0, 0.1) is 5.92 Å². The summed E-state index contributed by atoms with van der Waals surface area (Å²) in [6.07, 6.45) is 1.34. The van der Waals surface area contributed by atoms with E-state index >= 15 is 0 Å². The average Bonchev–Trinajstić information content (AvgIpc) is 3.35. The van der Waals surface area contributed by atoms with Crippen molar-refractivity contribution in [3.63, 3.8) is 0 Å². The number of nitrogens with one attached hydrogen (secondary N) is 1. The normalized spacial score (nSPS) is 18.9. The second-order valence-corrected chi connectivity index (χ2v) is 11.8. The maximum Gasteiger partial charge on any atom is 0.322 e. The van der Waals surface area contributed by atoms with Crippen molar-refractivity contribution in [1.29, 1.82) is 0 Å². The zero-order valence-electron chi connectivity index (χ0n) is 25.0. The maximum atomic E-state index is 14.4. The minimum atomic E-state index is -0.654. The van der Waals surface area contributed by atoms with E-state index in [1.54, 1.807) is 9.80 Å². The lowest BCUT2D eigenvalue weighted by Crippen LogP contribution is -2.51. The molecule has 0 fully saturated rings. The number of carbonyl (C=O) groups excluding carboxylic acids is 3. The number of likely N-dealkylation sites (N-methyl/N-ethyl adjacent to an activating group) is 1.